The number of aryl methyl sites for hydroxylation is 1. The Balaban J connectivity index is 1.14. The minimum absolute atomic E-state index is 0.0432. The summed E-state index contributed by atoms with van der Waals surface area (Å²) in [5.74, 6) is 1.45. The Hall–Kier alpha value is -2.36. The summed E-state index contributed by atoms with van der Waals surface area (Å²) in [6, 6.07) is 10.7. The molecular weight excluding hydrogens is 382 g/mol. The Morgan fingerprint density at radius 1 is 1.10 bits per heavy atom. The van der Waals surface area contributed by atoms with Crippen molar-refractivity contribution in [1.29, 1.82) is 0 Å². The molecule has 2 aliphatic heterocycles. The molecule has 0 saturated carbocycles. The molecule has 1 aromatic carbocycles. The molecule has 1 aromatic heterocycles. The van der Waals surface area contributed by atoms with E-state index in [1.54, 1.807) is 4.68 Å². The van der Waals surface area contributed by atoms with Gasteiger partial charge in [0.25, 0.3) is 0 Å². The van der Waals surface area contributed by atoms with Crippen molar-refractivity contribution in [3.63, 3.8) is 0 Å². The topological polar surface area (TPSA) is 88.4 Å². The lowest BCUT2D eigenvalue weighted by Crippen LogP contribution is -2.36. The Labute approximate surface area is 177 Å². The number of aromatic nitrogens is 4. The molecule has 30 heavy (non-hydrogen) atoms. The number of benzene rings is 1. The summed E-state index contributed by atoms with van der Waals surface area (Å²) < 4.78 is 7.11. The number of rotatable bonds is 9. The van der Waals surface area contributed by atoms with Crippen molar-refractivity contribution < 1.29 is 9.53 Å². The molecule has 1 amide bonds. The van der Waals surface area contributed by atoms with Gasteiger partial charge >= 0.3 is 0 Å². The van der Waals surface area contributed by atoms with Crippen molar-refractivity contribution in [2.24, 2.45) is 0 Å². The van der Waals surface area contributed by atoms with E-state index in [0.717, 1.165) is 51.8 Å². The Morgan fingerprint density at radius 3 is 2.77 bits per heavy atom. The molecule has 3 heterocycles. The van der Waals surface area contributed by atoms with E-state index in [0.29, 0.717) is 32.0 Å². The zero-order valence-electron chi connectivity index (χ0n) is 17.4. The van der Waals surface area contributed by atoms with Crippen molar-refractivity contribution in [2.45, 2.75) is 31.8 Å². The molecule has 0 unspecified atom stereocenters. The first-order valence-electron chi connectivity index (χ1n) is 10.9. The van der Waals surface area contributed by atoms with Crippen LogP contribution in [0.5, 0.6) is 0 Å². The van der Waals surface area contributed by atoms with Crippen LogP contribution < -0.4 is 5.32 Å². The SMILES string of the molecule is O=C(CCn1nnnc1CN1CCOCC1)NCCN1CC[C@@H](c2ccccc2)C1. The zero-order chi connectivity index (χ0) is 20.6. The number of nitrogens with zero attached hydrogens (tertiary/aromatic N) is 6. The fraction of sp³-hybridized carbons (Fsp3) is 0.619. The average Bonchev–Trinajstić information content (AvgIpc) is 3.43. The summed E-state index contributed by atoms with van der Waals surface area (Å²) in [4.78, 5) is 17.0. The van der Waals surface area contributed by atoms with E-state index in [2.05, 4.69) is 61.0 Å². The van der Waals surface area contributed by atoms with Gasteiger partial charge in [-0.15, -0.1) is 5.10 Å². The lowest BCUT2D eigenvalue weighted by molar-refractivity contribution is -0.121. The third-order valence-electron chi connectivity index (χ3n) is 5.92. The normalized spacial score (nSPS) is 20.5. The number of amides is 1. The number of tetrazole rings is 1. The molecule has 4 rings (SSSR count). The van der Waals surface area contributed by atoms with Crippen LogP contribution in [0.15, 0.2) is 30.3 Å². The monoisotopic (exact) mass is 413 g/mol. The minimum Gasteiger partial charge on any atom is -0.379 e. The van der Waals surface area contributed by atoms with Gasteiger partial charge in [0.2, 0.25) is 5.91 Å². The number of hydrogen-bond acceptors (Lipinski definition) is 7. The van der Waals surface area contributed by atoms with Gasteiger partial charge in [0.15, 0.2) is 5.82 Å². The van der Waals surface area contributed by atoms with Crippen molar-refractivity contribution in [3.8, 4) is 0 Å². The molecule has 0 bridgehead atoms. The maximum atomic E-state index is 12.3. The average molecular weight is 414 g/mol. The third-order valence-corrected chi connectivity index (χ3v) is 5.92. The summed E-state index contributed by atoms with van der Waals surface area (Å²) in [6.07, 6.45) is 1.57. The van der Waals surface area contributed by atoms with Crippen molar-refractivity contribution in [3.05, 3.63) is 41.7 Å². The quantitative estimate of drug-likeness (QED) is 0.640. The number of morpholine rings is 1. The number of carbonyl (C=O) groups excluding carboxylic acids is 1. The summed E-state index contributed by atoms with van der Waals surface area (Å²) in [5.41, 5.74) is 1.42. The van der Waals surface area contributed by atoms with E-state index in [-0.39, 0.29) is 5.91 Å². The fourth-order valence-corrected chi connectivity index (χ4v) is 4.15. The van der Waals surface area contributed by atoms with Crippen LogP contribution in [0.2, 0.25) is 0 Å². The summed E-state index contributed by atoms with van der Waals surface area (Å²) >= 11 is 0. The zero-order valence-corrected chi connectivity index (χ0v) is 17.4. The van der Waals surface area contributed by atoms with Crippen LogP contribution in [0.1, 0.15) is 30.1 Å². The smallest absolute Gasteiger partial charge is 0.221 e. The van der Waals surface area contributed by atoms with Gasteiger partial charge in [-0.25, -0.2) is 4.68 Å². The van der Waals surface area contributed by atoms with Gasteiger partial charge in [-0.05, 0) is 34.9 Å². The molecule has 2 aliphatic rings. The van der Waals surface area contributed by atoms with Gasteiger partial charge in [0.1, 0.15) is 0 Å². The highest BCUT2D eigenvalue weighted by atomic mass is 16.5. The molecule has 162 valence electrons. The van der Waals surface area contributed by atoms with Crippen molar-refractivity contribution in [2.75, 3.05) is 52.5 Å². The fourth-order valence-electron chi connectivity index (χ4n) is 4.15. The van der Waals surface area contributed by atoms with Crippen LogP contribution in [0, 0.1) is 0 Å². The second-order valence-electron chi connectivity index (χ2n) is 8.00. The molecule has 2 fully saturated rings. The first kappa shape index (κ1) is 20.9. The Morgan fingerprint density at radius 2 is 1.93 bits per heavy atom. The lowest BCUT2D eigenvalue weighted by Gasteiger charge is -2.25. The molecule has 9 heteroatoms. The van der Waals surface area contributed by atoms with Crippen molar-refractivity contribution in [1.82, 2.24) is 35.3 Å². The van der Waals surface area contributed by atoms with Gasteiger partial charge in [-0.2, -0.15) is 0 Å². The van der Waals surface area contributed by atoms with Crippen molar-refractivity contribution >= 4 is 5.91 Å². The van der Waals surface area contributed by atoms with Crippen LogP contribution in [0.25, 0.3) is 0 Å². The van der Waals surface area contributed by atoms with E-state index in [4.69, 9.17) is 4.74 Å². The van der Waals surface area contributed by atoms with Crippen LogP contribution >= 0.6 is 0 Å². The van der Waals surface area contributed by atoms with Gasteiger partial charge < -0.3 is 15.0 Å². The largest absolute Gasteiger partial charge is 0.379 e. The maximum absolute atomic E-state index is 12.3. The highest BCUT2D eigenvalue weighted by Crippen LogP contribution is 2.26. The highest BCUT2D eigenvalue weighted by Gasteiger charge is 2.23. The predicted octanol–water partition coefficient (Wildman–Crippen LogP) is 0.501. The van der Waals surface area contributed by atoms with Crippen LogP contribution in [0.3, 0.4) is 0 Å². The molecule has 0 radical (unpaired) electrons. The molecule has 1 N–H and O–H groups in total. The minimum atomic E-state index is 0.0432. The van der Waals surface area contributed by atoms with Gasteiger partial charge in [-0.1, -0.05) is 30.3 Å². The van der Waals surface area contributed by atoms with Crippen LogP contribution in [0.4, 0.5) is 0 Å². The molecule has 0 spiro atoms. The number of hydrogen-bond donors (Lipinski definition) is 1. The predicted molar refractivity (Wildman–Crippen MR) is 112 cm³/mol. The Kier molecular flexibility index (Phi) is 7.39. The summed E-state index contributed by atoms with van der Waals surface area (Å²) in [7, 11) is 0. The maximum Gasteiger partial charge on any atom is 0.221 e. The second kappa shape index (κ2) is 10.6. The van der Waals surface area contributed by atoms with E-state index in [9.17, 15) is 4.79 Å². The molecular formula is C21H31N7O2. The highest BCUT2D eigenvalue weighted by molar-refractivity contribution is 5.75. The van der Waals surface area contributed by atoms with Gasteiger partial charge in [0.05, 0.1) is 26.3 Å². The number of ether oxygens (including phenoxy) is 1. The van der Waals surface area contributed by atoms with E-state index >= 15 is 0 Å². The van der Waals surface area contributed by atoms with Gasteiger partial charge in [-0.3, -0.25) is 9.69 Å². The Bertz CT molecular complexity index is 792. The van der Waals surface area contributed by atoms with E-state index in [1.165, 1.54) is 12.0 Å². The summed E-state index contributed by atoms with van der Waals surface area (Å²) in [6.45, 7) is 8.16. The van der Waals surface area contributed by atoms with Crippen LogP contribution in [-0.4, -0.2) is 88.4 Å². The van der Waals surface area contributed by atoms with E-state index in [1.807, 2.05) is 0 Å². The van der Waals surface area contributed by atoms with E-state index < -0.39 is 0 Å². The number of likely N-dealkylation sites (tertiary alicyclic amines) is 1. The van der Waals surface area contributed by atoms with Gasteiger partial charge in [0, 0.05) is 39.1 Å². The lowest BCUT2D eigenvalue weighted by atomic mass is 9.99. The summed E-state index contributed by atoms with van der Waals surface area (Å²) in [5, 5.41) is 15.0. The third kappa shape index (κ3) is 5.84. The molecule has 2 aromatic rings. The molecule has 1 atom stereocenters. The molecule has 2 saturated heterocycles. The first-order valence-corrected chi connectivity index (χ1v) is 10.9. The molecule has 0 aliphatic carbocycles. The number of carbonyl (C=O) groups is 1. The molecule has 9 nitrogen and oxygen atoms in total. The van der Waals surface area contributed by atoms with Crippen LogP contribution in [-0.2, 0) is 22.6 Å². The number of nitrogens with one attached hydrogen (secondary N) is 1. The second-order valence-corrected chi connectivity index (χ2v) is 8.00. The standard InChI is InChI=1S/C21H31N7O2/c29-21(7-10-28-20(23-24-25-28)17-27-12-14-30-15-13-27)22-8-11-26-9-6-19(16-26)18-4-2-1-3-5-18/h1-5,19H,6-17H2,(H,22,29)/t19-/m1/s1. The first-order chi connectivity index (χ1) is 14.8.